The summed E-state index contributed by atoms with van der Waals surface area (Å²) in [6.07, 6.45) is 6.93. The number of methoxy groups -OCH3 is 1. The zero-order chi connectivity index (χ0) is 10.8. The van der Waals surface area contributed by atoms with Crippen LogP contribution in [0.15, 0.2) is 29.0 Å². The van der Waals surface area contributed by atoms with Gasteiger partial charge in [0.2, 0.25) is 0 Å². The molecule has 0 radical (unpaired) electrons. The Hall–Kier alpha value is -1.74. The van der Waals surface area contributed by atoms with Crippen LogP contribution < -0.4 is 0 Å². The summed E-state index contributed by atoms with van der Waals surface area (Å²) in [5.41, 5.74) is 8.13. The van der Waals surface area contributed by atoms with Crippen LogP contribution in [0.3, 0.4) is 0 Å². The van der Waals surface area contributed by atoms with E-state index in [1.54, 1.807) is 6.08 Å². The molecule has 0 aromatic heterocycles. The number of hydrogen-bond acceptors (Lipinski definition) is 3. The van der Waals surface area contributed by atoms with Crippen LogP contribution in [0.2, 0.25) is 0 Å². The SMILES string of the molecule is CCC/C=C/C=C(\N=[N+]=[N-])C(=O)OC. The molecule has 0 fully saturated rings. The molecule has 0 aliphatic heterocycles. The molecular weight excluding hydrogens is 182 g/mol. The fraction of sp³-hybridized carbons (Fsp3) is 0.444. The van der Waals surface area contributed by atoms with Crippen molar-refractivity contribution >= 4 is 5.97 Å². The van der Waals surface area contributed by atoms with Crippen LogP contribution in [0.1, 0.15) is 19.8 Å². The molecule has 14 heavy (non-hydrogen) atoms. The Kier molecular flexibility index (Phi) is 6.91. The first kappa shape index (κ1) is 12.3. The molecule has 0 heterocycles. The second kappa shape index (κ2) is 7.89. The Labute approximate surface area is 82.7 Å². The number of ether oxygens (including phenoxy) is 1. The van der Waals surface area contributed by atoms with Crippen molar-refractivity contribution in [3.05, 3.63) is 34.4 Å². The molecule has 0 aromatic carbocycles. The van der Waals surface area contributed by atoms with Gasteiger partial charge < -0.3 is 4.74 Å². The summed E-state index contributed by atoms with van der Waals surface area (Å²) >= 11 is 0. The van der Waals surface area contributed by atoms with Gasteiger partial charge in [-0.1, -0.05) is 30.6 Å². The molecule has 0 unspecified atom stereocenters. The van der Waals surface area contributed by atoms with E-state index in [0.717, 1.165) is 12.8 Å². The average molecular weight is 195 g/mol. The number of azide groups is 1. The molecule has 0 bridgehead atoms. The summed E-state index contributed by atoms with van der Waals surface area (Å²) in [6.45, 7) is 2.04. The molecule has 0 amide bonds. The van der Waals surface area contributed by atoms with Crippen molar-refractivity contribution in [3.63, 3.8) is 0 Å². The minimum Gasteiger partial charge on any atom is -0.466 e. The Bertz CT molecular complexity index is 288. The third-order valence-electron chi connectivity index (χ3n) is 1.39. The van der Waals surface area contributed by atoms with Crippen LogP contribution in [0, 0.1) is 0 Å². The van der Waals surface area contributed by atoms with Gasteiger partial charge in [0.1, 0.15) is 5.70 Å². The summed E-state index contributed by atoms with van der Waals surface area (Å²) in [4.78, 5) is 13.5. The number of unbranched alkanes of at least 4 members (excludes halogenated alkanes) is 1. The van der Waals surface area contributed by atoms with Gasteiger partial charge in [-0.25, -0.2) is 4.79 Å². The van der Waals surface area contributed by atoms with E-state index in [2.05, 4.69) is 14.8 Å². The lowest BCUT2D eigenvalue weighted by molar-refractivity contribution is -0.136. The van der Waals surface area contributed by atoms with Crippen molar-refractivity contribution in [1.82, 2.24) is 0 Å². The molecule has 5 nitrogen and oxygen atoms in total. The predicted molar refractivity (Wildman–Crippen MR) is 53.3 cm³/mol. The molecule has 0 rings (SSSR count). The fourth-order valence-electron chi connectivity index (χ4n) is 0.717. The summed E-state index contributed by atoms with van der Waals surface area (Å²) < 4.78 is 4.42. The monoisotopic (exact) mass is 195 g/mol. The molecule has 0 aromatic rings. The zero-order valence-electron chi connectivity index (χ0n) is 8.30. The van der Waals surface area contributed by atoms with Crippen LogP contribution in [-0.4, -0.2) is 13.1 Å². The minimum absolute atomic E-state index is 0.0395. The lowest BCUT2D eigenvalue weighted by atomic mass is 10.3. The number of hydrogen-bond donors (Lipinski definition) is 0. The van der Waals surface area contributed by atoms with E-state index >= 15 is 0 Å². The van der Waals surface area contributed by atoms with Gasteiger partial charge in [-0.05, 0) is 18.0 Å². The highest BCUT2D eigenvalue weighted by Crippen LogP contribution is 2.01. The average Bonchev–Trinajstić information content (AvgIpc) is 2.21. The van der Waals surface area contributed by atoms with Crippen molar-refractivity contribution in [2.24, 2.45) is 5.11 Å². The van der Waals surface area contributed by atoms with Crippen LogP contribution >= 0.6 is 0 Å². The molecule has 0 saturated heterocycles. The van der Waals surface area contributed by atoms with Crippen LogP contribution in [-0.2, 0) is 9.53 Å². The van der Waals surface area contributed by atoms with E-state index in [4.69, 9.17) is 5.53 Å². The third-order valence-corrected chi connectivity index (χ3v) is 1.39. The number of nitrogens with zero attached hydrogens (tertiary/aromatic N) is 3. The summed E-state index contributed by atoms with van der Waals surface area (Å²) in [7, 11) is 1.23. The number of esters is 1. The lowest BCUT2D eigenvalue weighted by Gasteiger charge is -1.95. The van der Waals surface area contributed by atoms with E-state index in [9.17, 15) is 4.79 Å². The Morgan fingerprint density at radius 3 is 2.86 bits per heavy atom. The Morgan fingerprint density at radius 2 is 2.36 bits per heavy atom. The first-order valence-corrected chi connectivity index (χ1v) is 4.26. The van der Waals surface area contributed by atoms with E-state index < -0.39 is 5.97 Å². The molecule has 0 atom stereocenters. The number of rotatable bonds is 5. The first-order chi connectivity index (χ1) is 6.76. The summed E-state index contributed by atoms with van der Waals surface area (Å²) in [6, 6.07) is 0. The van der Waals surface area contributed by atoms with Gasteiger partial charge in [-0.15, -0.1) is 0 Å². The quantitative estimate of drug-likeness (QED) is 0.169. The molecule has 0 aliphatic carbocycles. The highest BCUT2D eigenvalue weighted by atomic mass is 16.5. The van der Waals surface area contributed by atoms with Crippen LogP contribution in [0.25, 0.3) is 10.4 Å². The normalized spacial score (nSPS) is 11.1. The van der Waals surface area contributed by atoms with Crippen molar-refractivity contribution in [2.45, 2.75) is 19.8 Å². The van der Waals surface area contributed by atoms with Crippen molar-refractivity contribution in [3.8, 4) is 0 Å². The van der Waals surface area contributed by atoms with Gasteiger partial charge in [0.25, 0.3) is 0 Å². The van der Waals surface area contributed by atoms with Crippen molar-refractivity contribution < 1.29 is 9.53 Å². The number of carbonyl (C=O) groups excluding carboxylic acids is 1. The minimum atomic E-state index is -0.635. The fourth-order valence-corrected chi connectivity index (χ4v) is 0.717. The van der Waals surface area contributed by atoms with Crippen molar-refractivity contribution in [2.75, 3.05) is 7.11 Å². The van der Waals surface area contributed by atoms with Crippen molar-refractivity contribution in [1.29, 1.82) is 0 Å². The largest absolute Gasteiger partial charge is 0.466 e. The maximum absolute atomic E-state index is 11.0. The third kappa shape index (κ3) is 5.00. The smallest absolute Gasteiger partial charge is 0.340 e. The van der Waals surface area contributed by atoms with E-state index in [-0.39, 0.29) is 5.70 Å². The van der Waals surface area contributed by atoms with Crippen LogP contribution in [0.5, 0.6) is 0 Å². The molecule has 0 N–H and O–H groups in total. The van der Waals surface area contributed by atoms with Gasteiger partial charge in [0.05, 0.1) is 7.11 Å². The molecular formula is C9H13N3O2. The topological polar surface area (TPSA) is 75.1 Å². The first-order valence-electron chi connectivity index (χ1n) is 4.26. The van der Waals surface area contributed by atoms with E-state index in [1.165, 1.54) is 13.2 Å². The van der Waals surface area contributed by atoms with E-state index in [0.29, 0.717) is 0 Å². The van der Waals surface area contributed by atoms with Gasteiger partial charge in [-0.2, -0.15) is 0 Å². The predicted octanol–water partition coefficient (Wildman–Crippen LogP) is 2.71. The molecule has 0 aliphatic rings. The van der Waals surface area contributed by atoms with Gasteiger partial charge in [0.15, 0.2) is 0 Å². The number of carbonyl (C=O) groups is 1. The molecule has 76 valence electrons. The Balaban J connectivity index is 4.48. The second-order valence-corrected chi connectivity index (χ2v) is 2.45. The zero-order valence-corrected chi connectivity index (χ0v) is 8.30. The summed E-state index contributed by atoms with van der Waals surface area (Å²) in [5, 5.41) is 3.21. The summed E-state index contributed by atoms with van der Waals surface area (Å²) in [5.74, 6) is -0.635. The molecule has 0 saturated carbocycles. The second-order valence-electron chi connectivity index (χ2n) is 2.45. The van der Waals surface area contributed by atoms with Gasteiger partial charge in [-0.3, -0.25) is 0 Å². The van der Waals surface area contributed by atoms with Gasteiger partial charge in [0, 0.05) is 4.91 Å². The maximum atomic E-state index is 11.0. The number of allylic oxidation sites excluding steroid dienone is 3. The standard InChI is InChI=1S/C9H13N3O2/c1-3-4-5-6-7-8(11-12-10)9(13)14-2/h5-7H,3-4H2,1-2H3/b6-5+,8-7-. The lowest BCUT2D eigenvalue weighted by Crippen LogP contribution is -2.01. The molecule has 0 spiro atoms. The maximum Gasteiger partial charge on any atom is 0.340 e. The molecule has 5 heteroatoms. The Morgan fingerprint density at radius 1 is 1.64 bits per heavy atom. The van der Waals surface area contributed by atoms with Crippen LogP contribution in [0.4, 0.5) is 0 Å². The highest BCUT2D eigenvalue weighted by molar-refractivity contribution is 5.88. The highest BCUT2D eigenvalue weighted by Gasteiger charge is 2.04. The van der Waals surface area contributed by atoms with Gasteiger partial charge >= 0.3 is 5.97 Å². The van der Waals surface area contributed by atoms with E-state index in [1.807, 2.05) is 13.0 Å².